The molecule has 0 saturated carbocycles. The number of aryl methyl sites for hydroxylation is 1. The molecule has 128 valence electrons. The van der Waals surface area contributed by atoms with Crippen molar-refractivity contribution in [2.75, 3.05) is 6.54 Å². The van der Waals surface area contributed by atoms with E-state index in [1.165, 1.54) is 11.1 Å². The zero-order valence-electron chi connectivity index (χ0n) is 14.2. The van der Waals surface area contributed by atoms with Crippen LogP contribution in [-0.4, -0.2) is 11.7 Å². The molecule has 3 rings (SSSR count). The van der Waals surface area contributed by atoms with Crippen molar-refractivity contribution in [1.29, 1.82) is 0 Å². The van der Waals surface area contributed by atoms with Gasteiger partial charge in [-0.3, -0.25) is 0 Å². The van der Waals surface area contributed by atoms with Crippen LogP contribution >= 0.6 is 11.6 Å². The summed E-state index contributed by atoms with van der Waals surface area (Å²) in [6, 6.07) is 25.5. The lowest BCUT2D eigenvalue weighted by Crippen LogP contribution is -2.39. The first-order valence-electron chi connectivity index (χ1n) is 8.38. The van der Waals surface area contributed by atoms with Gasteiger partial charge in [-0.15, -0.1) is 0 Å². The summed E-state index contributed by atoms with van der Waals surface area (Å²) in [5, 5.41) is 15.5. The van der Waals surface area contributed by atoms with Gasteiger partial charge in [-0.25, -0.2) is 0 Å². The highest BCUT2D eigenvalue weighted by atomic mass is 35.5. The molecule has 0 bridgehead atoms. The van der Waals surface area contributed by atoms with Gasteiger partial charge < -0.3 is 10.4 Å². The van der Waals surface area contributed by atoms with E-state index in [-0.39, 0.29) is 0 Å². The summed E-state index contributed by atoms with van der Waals surface area (Å²) in [4.78, 5) is 0. The van der Waals surface area contributed by atoms with Crippen LogP contribution in [0.5, 0.6) is 0 Å². The molecule has 25 heavy (non-hydrogen) atoms. The van der Waals surface area contributed by atoms with Crippen molar-refractivity contribution in [2.24, 2.45) is 0 Å². The van der Waals surface area contributed by atoms with Gasteiger partial charge in [-0.05, 0) is 35.7 Å². The second kappa shape index (κ2) is 7.83. The van der Waals surface area contributed by atoms with Gasteiger partial charge in [0.15, 0.2) is 0 Å². The van der Waals surface area contributed by atoms with E-state index in [4.69, 9.17) is 11.6 Å². The van der Waals surface area contributed by atoms with E-state index in [2.05, 4.69) is 36.5 Å². The molecule has 0 aliphatic rings. The van der Waals surface area contributed by atoms with Gasteiger partial charge in [0.25, 0.3) is 0 Å². The Morgan fingerprint density at radius 2 is 1.44 bits per heavy atom. The summed E-state index contributed by atoms with van der Waals surface area (Å²) in [5.41, 5.74) is 2.99. The first-order valence-corrected chi connectivity index (χ1v) is 8.76. The molecule has 0 aliphatic heterocycles. The van der Waals surface area contributed by atoms with E-state index in [1.807, 2.05) is 54.6 Å². The third kappa shape index (κ3) is 4.29. The zero-order valence-corrected chi connectivity index (χ0v) is 15.0. The second-order valence-corrected chi connectivity index (χ2v) is 6.76. The van der Waals surface area contributed by atoms with E-state index >= 15 is 0 Å². The second-order valence-electron chi connectivity index (χ2n) is 6.32. The first-order chi connectivity index (χ1) is 12.1. The number of hydrogen-bond acceptors (Lipinski definition) is 2. The molecule has 0 amide bonds. The molecule has 2 N–H and O–H groups in total. The van der Waals surface area contributed by atoms with Crippen LogP contribution in [0, 0.1) is 6.92 Å². The average Bonchev–Trinajstić information content (AvgIpc) is 2.64. The summed E-state index contributed by atoms with van der Waals surface area (Å²) in [6.45, 7) is 3.18. The molecule has 0 radical (unpaired) electrons. The van der Waals surface area contributed by atoms with Crippen LogP contribution in [0.15, 0.2) is 78.9 Å². The van der Waals surface area contributed by atoms with Crippen LogP contribution in [0.1, 0.15) is 22.3 Å². The van der Waals surface area contributed by atoms with E-state index in [9.17, 15) is 5.11 Å². The molecule has 0 unspecified atom stereocenters. The van der Waals surface area contributed by atoms with Crippen LogP contribution in [0.4, 0.5) is 0 Å². The summed E-state index contributed by atoms with van der Waals surface area (Å²) < 4.78 is 0. The van der Waals surface area contributed by atoms with Gasteiger partial charge in [0.1, 0.15) is 5.60 Å². The summed E-state index contributed by atoms with van der Waals surface area (Å²) in [7, 11) is 0. The molecule has 0 heterocycles. The van der Waals surface area contributed by atoms with Gasteiger partial charge in [0.05, 0.1) is 0 Å². The maximum absolute atomic E-state index is 11.5. The van der Waals surface area contributed by atoms with E-state index in [0.717, 1.165) is 11.1 Å². The normalized spacial score (nSPS) is 13.4. The molecule has 0 fully saturated rings. The predicted molar refractivity (Wildman–Crippen MR) is 104 cm³/mol. The zero-order chi connectivity index (χ0) is 17.7. The van der Waals surface area contributed by atoms with Crippen LogP contribution in [-0.2, 0) is 12.1 Å². The minimum absolute atomic E-state index is 0.409. The molecular weight excluding hydrogens is 330 g/mol. The van der Waals surface area contributed by atoms with E-state index in [0.29, 0.717) is 18.1 Å². The van der Waals surface area contributed by atoms with Crippen LogP contribution in [0.3, 0.4) is 0 Å². The van der Waals surface area contributed by atoms with Crippen LogP contribution in [0.25, 0.3) is 0 Å². The van der Waals surface area contributed by atoms with Gasteiger partial charge in [0, 0.05) is 18.1 Å². The van der Waals surface area contributed by atoms with Crippen LogP contribution in [0.2, 0.25) is 5.02 Å². The highest BCUT2D eigenvalue weighted by Crippen LogP contribution is 2.30. The van der Waals surface area contributed by atoms with E-state index in [1.54, 1.807) is 0 Å². The molecule has 1 atom stereocenters. The Morgan fingerprint density at radius 3 is 2.08 bits per heavy atom. The smallest absolute Gasteiger partial charge is 0.127 e. The van der Waals surface area contributed by atoms with Crippen LogP contribution < -0.4 is 5.32 Å². The molecule has 3 aromatic carbocycles. The molecule has 3 aromatic rings. The van der Waals surface area contributed by atoms with Crippen molar-refractivity contribution in [3.63, 3.8) is 0 Å². The van der Waals surface area contributed by atoms with Gasteiger partial charge >= 0.3 is 0 Å². The Kier molecular flexibility index (Phi) is 5.54. The lowest BCUT2D eigenvalue weighted by atomic mass is 9.86. The average molecular weight is 352 g/mol. The lowest BCUT2D eigenvalue weighted by Gasteiger charge is -2.30. The molecule has 0 aliphatic carbocycles. The standard InChI is InChI=1S/C22H22ClNO/c1-17-7-9-18(10-8-17)15-24-16-22(25,19-5-3-2-4-6-19)20-11-13-21(23)14-12-20/h2-14,24-25H,15-16H2,1H3/t22-/m0/s1. The minimum atomic E-state index is -1.11. The fourth-order valence-electron chi connectivity index (χ4n) is 2.90. The fourth-order valence-corrected chi connectivity index (χ4v) is 3.03. The largest absolute Gasteiger partial charge is 0.379 e. The van der Waals surface area contributed by atoms with E-state index < -0.39 is 5.60 Å². The van der Waals surface area contributed by atoms with Crippen molar-refractivity contribution in [1.82, 2.24) is 5.32 Å². The van der Waals surface area contributed by atoms with Crippen molar-refractivity contribution < 1.29 is 5.11 Å². The summed E-state index contributed by atoms with van der Waals surface area (Å²) in [6.07, 6.45) is 0. The fraction of sp³-hybridized carbons (Fsp3) is 0.182. The molecular formula is C22H22ClNO. The number of rotatable bonds is 6. The summed E-state index contributed by atoms with van der Waals surface area (Å²) in [5.74, 6) is 0. The van der Waals surface area contributed by atoms with Gasteiger partial charge in [-0.1, -0.05) is 83.9 Å². The maximum Gasteiger partial charge on any atom is 0.127 e. The third-order valence-electron chi connectivity index (χ3n) is 4.40. The summed E-state index contributed by atoms with van der Waals surface area (Å²) >= 11 is 6.01. The van der Waals surface area contributed by atoms with Gasteiger partial charge in [-0.2, -0.15) is 0 Å². The minimum Gasteiger partial charge on any atom is -0.379 e. The third-order valence-corrected chi connectivity index (χ3v) is 4.66. The van der Waals surface area contributed by atoms with Crippen molar-refractivity contribution in [3.05, 3.63) is 106 Å². The topological polar surface area (TPSA) is 32.3 Å². The van der Waals surface area contributed by atoms with Crippen molar-refractivity contribution in [2.45, 2.75) is 19.1 Å². The highest BCUT2D eigenvalue weighted by molar-refractivity contribution is 6.30. The lowest BCUT2D eigenvalue weighted by molar-refractivity contribution is 0.0796. The molecule has 0 aromatic heterocycles. The predicted octanol–water partition coefficient (Wildman–Crippen LogP) is 4.67. The number of benzene rings is 3. The number of hydrogen-bond donors (Lipinski definition) is 2. The molecule has 2 nitrogen and oxygen atoms in total. The van der Waals surface area contributed by atoms with Gasteiger partial charge in [0.2, 0.25) is 0 Å². The monoisotopic (exact) mass is 351 g/mol. The Hall–Kier alpha value is -2.13. The Balaban J connectivity index is 1.81. The SMILES string of the molecule is Cc1ccc(CNC[C@](O)(c2ccccc2)c2ccc(Cl)cc2)cc1. The Morgan fingerprint density at radius 1 is 0.840 bits per heavy atom. The maximum atomic E-state index is 11.5. The molecule has 0 spiro atoms. The number of nitrogens with one attached hydrogen (secondary N) is 1. The number of aliphatic hydroxyl groups is 1. The molecule has 3 heteroatoms. The Bertz CT molecular complexity index is 800. The highest BCUT2D eigenvalue weighted by Gasteiger charge is 2.31. The number of halogens is 1. The Labute approximate surface area is 154 Å². The van der Waals surface area contributed by atoms with Crippen molar-refractivity contribution >= 4 is 11.6 Å². The van der Waals surface area contributed by atoms with Crippen molar-refractivity contribution in [3.8, 4) is 0 Å². The molecule has 0 saturated heterocycles. The first kappa shape index (κ1) is 17.7. The quantitative estimate of drug-likeness (QED) is 0.676.